The van der Waals surface area contributed by atoms with E-state index in [4.69, 9.17) is 0 Å². The van der Waals surface area contributed by atoms with Crippen molar-refractivity contribution >= 4 is 0 Å². The Kier molecular flexibility index (Phi) is 3.99. The number of hydrogen-bond acceptors (Lipinski definition) is 3. The lowest BCUT2D eigenvalue weighted by molar-refractivity contribution is -0.274. The minimum absolute atomic E-state index is 0.281. The zero-order chi connectivity index (χ0) is 14.8. The van der Waals surface area contributed by atoms with E-state index in [1.165, 1.54) is 24.3 Å². The molecule has 1 atom stereocenters. The standard InChI is InChI=1S/C13H13F3N2O2/c1-18-7-6-17-12(18)8-11(19)9-2-4-10(5-3-9)20-13(14,15)16/h2-7,11,19H,8H2,1H3. The maximum atomic E-state index is 12.0. The molecule has 0 aliphatic rings. The lowest BCUT2D eigenvalue weighted by Crippen LogP contribution is -2.17. The number of ether oxygens (including phenoxy) is 1. The van der Waals surface area contributed by atoms with Crippen molar-refractivity contribution in [1.82, 2.24) is 9.55 Å². The summed E-state index contributed by atoms with van der Waals surface area (Å²) in [6.07, 6.45) is -1.91. The number of aryl methyl sites for hydroxylation is 1. The van der Waals surface area contributed by atoms with Gasteiger partial charge >= 0.3 is 6.36 Å². The predicted octanol–water partition coefficient (Wildman–Crippen LogP) is 2.59. The lowest BCUT2D eigenvalue weighted by atomic mass is 10.1. The quantitative estimate of drug-likeness (QED) is 0.939. The van der Waals surface area contributed by atoms with E-state index in [1.54, 1.807) is 24.0 Å². The molecule has 0 aliphatic carbocycles. The molecule has 108 valence electrons. The number of rotatable bonds is 4. The Morgan fingerprint density at radius 1 is 1.30 bits per heavy atom. The molecule has 1 unspecified atom stereocenters. The van der Waals surface area contributed by atoms with Crippen molar-refractivity contribution < 1.29 is 23.0 Å². The SMILES string of the molecule is Cn1ccnc1CC(O)c1ccc(OC(F)(F)F)cc1. The van der Waals surface area contributed by atoms with Crippen LogP contribution >= 0.6 is 0 Å². The third-order valence-corrected chi connectivity index (χ3v) is 2.80. The summed E-state index contributed by atoms with van der Waals surface area (Å²) in [5.41, 5.74) is 0.502. The summed E-state index contributed by atoms with van der Waals surface area (Å²) >= 11 is 0. The van der Waals surface area contributed by atoms with Gasteiger partial charge in [-0.25, -0.2) is 4.98 Å². The molecule has 0 aliphatic heterocycles. The van der Waals surface area contributed by atoms with Gasteiger partial charge in [-0.05, 0) is 17.7 Å². The molecule has 0 saturated heterocycles. The van der Waals surface area contributed by atoms with Gasteiger partial charge in [0.2, 0.25) is 0 Å². The van der Waals surface area contributed by atoms with Gasteiger partial charge in [0.25, 0.3) is 0 Å². The van der Waals surface area contributed by atoms with E-state index < -0.39 is 12.5 Å². The number of benzene rings is 1. The zero-order valence-electron chi connectivity index (χ0n) is 10.6. The van der Waals surface area contributed by atoms with Gasteiger partial charge in [0, 0.05) is 25.9 Å². The van der Waals surface area contributed by atoms with Gasteiger partial charge < -0.3 is 14.4 Å². The average Bonchev–Trinajstić information content (AvgIpc) is 2.74. The first-order valence-electron chi connectivity index (χ1n) is 5.85. The van der Waals surface area contributed by atoms with Crippen LogP contribution in [-0.2, 0) is 13.5 Å². The van der Waals surface area contributed by atoms with Crippen LogP contribution in [0.3, 0.4) is 0 Å². The molecule has 0 saturated carbocycles. The summed E-state index contributed by atoms with van der Waals surface area (Å²) in [4.78, 5) is 4.08. The van der Waals surface area contributed by atoms with Crippen molar-refractivity contribution in [2.45, 2.75) is 18.9 Å². The molecule has 0 amide bonds. The highest BCUT2D eigenvalue weighted by molar-refractivity contribution is 5.29. The van der Waals surface area contributed by atoms with Crippen LogP contribution < -0.4 is 4.74 Å². The van der Waals surface area contributed by atoms with E-state index in [-0.39, 0.29) is 12.2 Å². The molecule has 0 radical (unpaired) electrons. The highest BCUT2D eigenvalue weighted by Gasteiger charge is 2.31. The molecule has 20 heavy (non-hydrogen) atoms. The van der Waals surface area contributed by atoms with E-state index in [9.17, 15) is 18.3 Å². The first-order chi connectivity index (χ1) is 9.35. The molecule has 0 spiro atoms. The Bertz CT molecular complexity index is 564. The van der Waals surface area contributed by atoms with Crippen molar-refractivity contribution in [1.29, 1.82) is 0 Å². The van der Waals surface area contributed by atoms with Crippen LogP contribution in [0.1, 0.15) is 17.5 Å². The number of alkyl halides is 3. The van der Waals surface area contributed by atoms with Crippen molar-refractivity contribution in [2.24, 2.45) is 7.05 Å². The normalized spacial score (nSPS) is 13.2. The molecular weight excluding hydrogens is 273 g/mol. The summed E-state index contributed by atoms with van der Waals surface area (Å²) in [5, 5.41) is 10.0. The Morgan fingerprint density at radius 2 is 1.95 bits per heavy atom. The molecule has 4 nitrogen and oxygen atoms in total. The highest BCUT2D eigenvalue weighted by atomic mass is 19.4. The molecule has 7 heteroatoms. The van der Waals surface area contributed by atoms with Gasteiger partial charge in [-0.3, -0.25) is 0 Å². The second kappa shape index (κ2) is 5.54. The maximum Gasteiger partial charge on any atom is 0.573 e. The fourth-order valence-corrected chi connectivity index (χ4v) is 1.78. The molecule has 2 aromatic rings. The van der Waals surface area contributed by atoms with Crippen LogP contribution in [0.5, 0.6) is 5.75 Å². The van der Waals surface area contributed by atoms with Crippen molar-refractivity contribution in [3.8, 4) is 5.75 Å². The van der Waals surface area contributed by atoms with Crippen LogP contribution in [0.2, 0.25) is 0 Å². The van der Waals surface area contributed by atoms with Gasteiger partial charge in [0.15, 0.2) is 0 Å². The molecular formula is C13H13F3N2O2. The van der Waals surface area contributed by atoms with E-state index in [1.807, 2.05) is 0 Å². The summed E-state index contributed by atoms with van der Waals surface area (Å²) in [5.74, 6) is 0.374. The molecule has 1 aromatic heterocycles. The topological polar surface area (TPSA) is 47.3 Å². The van der Waals surface area contributed by atoms with Crippen LogP contribution in [0.25, 0.3) is 0 Å². The molecule has 1 N–H and O–H groups in total. The molecule has 0 bridgehead atoms. The third-order valence-electron chi connectivity index (χ3n) is 2.80. The number of hydrogen-bond donors (Lipinski definition) is 1. The van der Waals surface area contributed by atoms with Crippen LogP contribution in [0, 0.1) is 0 Å². The average molecular weight is 286 g/mol. The van der Waals surface area contributed by atoms with E-state index in [0.717, 1.165) is 0 Å². The van der Waals surface area contributed by atoms with Crippen LogP contribution in [-0.4, -0.2) is 21.0 Å². The summed E-state index contributed by atoms with van der Waals surface area (Å²) in [7, 11) is 1.80. The number of aliphatic hydroxyl groups is 1. The summed E-state index contributed by atoms with van der Waals surface area (Å²) in [6.45, 7) is 0. The molecule has 2 rings (SSSR count). The highest BCUT2D eigenvalue weighted by Crippen LogP contribution is 2.25. The van der Waals surface area contributed by atoms with Gasteiger partial charge in [0.1, 0.15) is 11.6 Å². The smallest absolute Gasteiger partial charge is 0.406 e. The monoisotopic (exact) mass is 286 g/mol. The van der Waals surface area contributed by atoms with Gasteiger partial charge in [0.05, 0.1) is 6.10 Å². The minimum Gasteiger partial charge on any atom is -0.406 e. The Hall–Kier alpha value is -2.02. The maximum absolute atomic E-state index is 12.0. The lowest BCUT2D eigenvalue weighted by Gasteiger charge is -2.13. The van der Waals surface area contributed by atoms with Crippen molar-refractivity contribution in [2.75, 3.05) is 0 Å². The Labute approximate surface area is 113 Å². The molecule has 1 heterocycles. The summed E-state index contributed by atoms with van der Waals surface area (Å²) in [6, 6.07) is 5.14. The van der Waals surface area contributed by atoms with Crippen molar-refractivity contribution in [3.63, 3.8) is 0 Å². The van der Waals surface area contributed by atoms with Gasteiger partial charge in [-0.2, -0.15) is 0 Å². The van der Waals surface area contributed by atoms with E-state index in [0.29, 0.717) is 11.4 Å². The minimum atomic E-state index is -4.72. The summed E-state index contributed by atoms with van der Waals surface area (Å²) < 4.78 is 41.6. The van der Waals surface area contributed by atoms with E-state index >= 15 is 0 Å². The first kappa shape index (κ1) is 14.4. The fourth-order valence-electron chi connectivity index (χ4n) is 1.78. The first-order valence-corrected chi connectivity index (χ1v) is 5.85. The van der Waals surface area contributed by atoms with Gasteiger partial charge in [-0.1, -0.05) is 12.1 Å². The van der Waals surface area contributed by atoms with Crippen LogP contribution in [0.4, 0.5) is 13.2 Å². The number of imidazole rings is 1. The number of nitrogens with zero attached hydrogens (tertiary/aromatic N) is 2. The zero-order valence-corrected chi connectivity index (χ0v) is 10.6. The Morgan fingerprint density at radius 3 is 2.45 bits per heavy atom. The number of aliphatic hydroxyl groups excluding tert-OH is 1. The Balaban J connectivity index is 2.04. The molecule has 0 fully saturated rings. The number of halogens is 3. The second-order valence-electron chi connectivity index (χ2n) is 4.29. The van der Waals surface area contributed by atoms with Crippen molar-refractivity contribution in [3.05, 3.63) is 48.0 Å². The largest absolute Gasteiger partial charge is 0.573 e. The number of aromatic nitrogens is 2. The third kappa shape index (κ3) is 3.74. The molecule has 1 aromatic carbocycles. The fraction of sp³-hybridized carbons (Fsp3) is 0.308. The second-order valence-corrected chi connectivity index (χ2v) is 4.29. The van der Waals surface area contributed by atoms with Crippen LogP contribution in [0.15, 0.2) is 36.7 Å². The van der Waals surface area contributed by atoms with Gasteiger partial charge in [-0.15, -0.1) is 13.2 Å². The predicted molar refractivity (Wildman–Crippen MR) is 65.0 cm³/mol. The van der Waals surface area contributed by atoms with E-state index in [2.05, 4.69) is 9.72 Å².